The molecule has 10 heteroatoms. The number of fused-ring (bicyclic) bond motifs is 2. The molecule has 0 spiro atoms. The van der Waals surface area contributed by atoms with Crippen LogP contribution in [0.5, 0.6) is 0 Å². The van der Waals surface area contributed by atoms with Crippen LogP contribution in [0.4, 0.5) is 10.2 Å². The number of nitrogens with zero attached hydrogens (tertiary/aromatic N) is 3. The van der Waals surface area contributed by atoms with Gasteiger partial charge >= 0.3 is 5.97 Å². The zero-order valence-electron chi connectivity index (χ0n) is 13.6. The Morgan fingerprint density at radius 1 is 1.41 bits per heavy atom. The summed E-state index contributed by atoms with van der Waals surface area (Å²) in [4.78, 5) is 34.6. The first-order chi connectivity index (χ1) is 12.9. The zero-order chi connectivity index (χ0) is 19.1. The van der Waals surface area contributed by atoms with Crippen molar-refractivity contribution in [2.75, 3.05) is 4.90 Å². The number of hydrogen-bond acceptors (Lipinski definition) is 6. The van der Waals surface area contributed by atoms with Crippen molar-refractivity contribution >= 4 is 62.6 Å². The normalized spacial score (nSPS) is 16.6. The van der Waals surface area contributed by atoms with Gasteiger partial charge in [-0.05, 0) is 18.2 Å². The number of carbonyl (C=O) groups excluding carboxylic acids is 1. The number of amides is 1. The quantitative estimate of drug-likeness (QED) is 0.683. The lowest BCUT2D eigenvalue weighted by Gasteiger charge is -2.31. The Balaban J connectivity index is 1.73. The van der Waals surface area contributed by atoms with Gasteiger partial charge in [0.05, 0.1) is 32.8 Å². The Morgan fingerprint density at radius 2 is 2.22 bits per heavy atom. The van der Waals surface area contributed by atoms with E-state index in [1.807, 2.05) is 0 Å². The summed E-state index contributed by atoms with van der Waals surface area (Å²) < 4.78 is 14.6. The third-order valence-corrected chi connectivity index (χ3v) is 6.35. The van der Waals surface area contributed by atoms with Gasteiger partial charge in [-0.2, -0.15) is 0 Å². The first kappa shape index (κ1) is 18.1. The smallest absolute Gasteiger partial charge is 0.305 e. The van der Waals surface area contributed by atoms with E-state index in [9.17, 15) is 14.0 Å². The molecule has 3 aromatic rings. The van der Waals surface area contributed by atoms with E-state index in [-0.39, 0.29) is 24.4 Å². The van der Waals surface area contributed by atoms with Crippen LogP contribution >= 0.6 is 34.7 Å². The molecule has 0 aliphatic carbocycles. The molecule has 1 atom stereocenters. The highest BCUT2D eigenvalue weighted by molar-refractivity contribution is 8.01. The molecule has 1 aromatic carbocycles. The Labute approximate surface area is 166 Å². The topological polar surface area (TPSA) is 83.4 Å². The number of carbonyl (C=O) groups is 2. The second-order valence-electron chi connectivity index (χ2n) is 5.80. The number of benzene rings is 1. The van der Waals surface area contributed by atoms with Gasteiger partial charge in [-0.25, -0.2) is 14.4 Å². The van der Waals surface area contributed by atoms with Crippen LogP contribution in [0.25, 0.3) is 10.2 Å². The van der Waals surface area contributed by atoms with Gasteiger partial charge in [-0.1, -0.05) is 17.7 Å². The number of aliphatic carboxylic acids is 1. The monoisotopic (exact) mass is 423 g/mol. The molecule has 0 bridgehead atoms. The third kappa shape index (κ3) is 3.50. The number of para-hydroxylation sites is 1. The van der Waals surface area contributed by atoms with Crippen molar-refractivity contribution in [2.45, 2.75) is 23.1 Å². The van der Waals surface area contributed by atoms with Crippen molar-refractivity contribution in [3.05, 3.63) is 46.3 Å². The van der Waals surface area contributed by atoms with Crippen LogP contribution < -0.4 is 4.90 Å². The summed E-state index contributed by atoms with van der Waals surface area (Å²) in [7, 11) is 0. The van der Waals surface area contributed by atoms with Gasteiger partial charge in [0, 0.05) is 6.20 Å². The molecular formula is C17H11ClFN3O3S2. The van der Waals surface area contributed by atoms with Gasteiger partial charge < -0.3 is 5.11 Å². The standard InChI is InChI=1S/C17H11ClFN3O3S2/c18-8-4-11-16(20-6-8)22(17(25)12(26-11)5-14(23)24)7-13-21-15-9(19)2-1-3-10(15)27-13/h1-4,6,12H,5,7H2,(H,23,24). The van der Waals surface area contributed by atoms with E-state index >= 15 is 0 Å². The van der Waals surface area contributed by atoms with E-state index in [0.717, 1.165) is 11.8 Å². The number of hydrogen-bond donors (Lipinski definition) is 1. The number of pyridine rings is 1. The van der Waals surface area contributed by atoms with Gasteiger partial charge in [0.15, 0.2) is 0 Å². The van der Waals surface area contributed by atoms with Crippen molar-refractivity contribution in [2.24, 2.45) is 0 Å². The summed E-state index contributed by atoms with van der Waals surface area (Å²) in [5.74, 6) is -1.47. The maximum absolute atomic E-state index is 13.9. The lowest BCUT2D eigenvalue weighted by Crippen LogP contribution is -2.42. The van der Waals surface area contributed by atoms with Gasteiger partial charge in [0.2, 0.25) is 5.91 Å². The summed E-state index contributed by atoms with van der Waals surface area (Å²) in [6.45, 7) is 0.0793. The molecule has 0 fully saturated rings. The molecule has 138 valence electrons. The summed E-state index contributed by atoms with van der Waals surface area (Å²) in [5.41, 5.74) is 0.253. The minimum atomic E-state index is -1.07. The molecule has 4 rings (SSSR count). The number of anilines is 1. The largest absolute Gasteiger partial charge is 0.481 e. The highest BCUT2D eigenvalue weighted by atomic mass is 35.5. The molecule has 1 aliphatic heterocycles. The Bertz CT molecular complexity index is 1070. The fourth-order valence-electron chi connectivity index (χ4n) is 2.79. The van der Waals surface area contributed by atoms with Gasteiger partial charge in [0.1, 0.15) is 22.2 Å². The van der Waals surface area contributed by atoms with Crippen LogP contribution in [0.3, 0.4) is 0 Å². The number of thioether (sulfide) groups is 1. The first-order valence-corrected chi connectivity index (χ1v) is 9.89. The van der Waals surface area contributed by atoms with Crippen LogP contribution in [0.15, 0.2) is 35.4 Å². The first-order valence-electron chi connectivity index (χ1n) is 7.81. The average Bonchev–Trinajstić information content (AvgIpc) is 3.02. The van der Waals surface area contributed by atoms with E-state index in [4.69, 9.17) is 16.7 Å². The maximum Gasteiger partial charge on any atom is 0.305 e. The Morgan fingerprint density at radius 3 is 2.96 bits per heavy atom. The van der Waals surface area contributed by atoms with Crippen LogP contribution in [-0.2, 0) is 16.1 Å². The van der Waals surface area contributed by atoms with Crippen molar-refractivity contribution in [3.63, 3.8) is 0 Å². The minimum Gasteiger partial charge on any atom is -0.481 e. The minimum absolute atomic E-state index is 0.0793. The number of halogens is 2. The van der Waals surface area contributed by atoms with E-state index < -0.39 is 17.0 Å². The Hall–Kier alpha value is -2.23. The van der Waals surface area contributed by atoms with E-state index in [1.165, 1.54) is 28.5 Å². The zero-order valence-corrected chi connectivity index (χ0v) is 15.9. The fourth-order valence-corrected chi connectivity index (χ4v) is 5.21. The van der Waals surface area contributed by atoms with Crippen molar-refractivity contribution < 1.29 is 19.1 Å². The van der Waals surface area contributed by atoms with E-state index in [2.05, 4.69) is 9.97 Å². The number of aromatic nitrogens is 2. The number of carboxylic acids is 1. The highest BCUT2D eigenvalue weighted by Crippen LogP contribution is 2.41. The fraction of sp³-hybridized carbons (Fsp3) is 0.176. The van der Waals surface area contributed by atoms with Crippen LogP contribution in [0, 0.1) is 5.82 Å². The van der Waals surface area contributed by atoms with Crippen LogP contribution in [-0.4, -0.2) is 32.2 Å². The predicted octanol–water partition coefficient (Wildman–Crippen LogP) is 3.97. The SMILES string of the molecule is O=C(O)CC1Sc2cc(Cl)cnc2N(Cc2nc3c(F)cccc3s2)C1=O. The number of carboxylic acid groups (broad SMARTS) is 1. The van der Waals surface area contributed by atoms with E-state index in [1.54, 1.807) is 18.2 Å². The Kier molecular flexibility index (Phi) is 4.75. The summed E-state index contributed by atoms with van der Waals surface area (Å²) >= 11 is 8.41. The van der Waals surface area contributed by atoms with Crippen molar-refractivity contribution in [1.82, 2.24) is 9.97 Å². The summed E-state index contributed by atoms with van der Waals surface area (Å²) in [6, 6.07) is 6.34. The maximum atomic E-state index is 13.9. The lowest BCUT2D eigenvalue weighted by molar-refractivity contribution is -0.138. The molecule has 2 aromatic heterocycles. The molecule has 0 saturated carbocycles. The van der Waals surface area contributed by atoms with Crippen LogP contribution in [0.1, 0.15) is 11.4 Å². The molecule has 1 unspecified atom stereocenters. The lowest BCUT2D eigenvalue weighted by atomic mass is 10.2. The van der Waals surface area contributed by atoms with E-state index in [0.29, 0.717) is 25.4 Å². The summed E-state index contributed by atoms with van der Waals surface area (Å²) in [5, 5.41) is 9.25. The average molecular weight is 424 g/mol. The molecule has 3 heterocycles. The predicted molar refractivity (Wildman–Crippen MR) is 102 cm³/mol. The van der Waals surface area contributed by atoms with Crippen LogP contribution in [0.2, 0.25) is 5.02 Å². The molecule has 1 N–H and O–H groups in total. The second kappa shape index (κ2) is 7.06. The number of rotatable bonds is 4. The molecule has 0 radical (unpaired) electrons. The molecular weight excluding hydrogens is 413 g/mol. The summed E-state index contributed by atoms with van der Waals surface area (Å²) in [6.07, 6.45) is 1.11. The van der Waals surface area contributed by atoms with Gasteiger partial charge in [0.25, 0.3) is 0 Å². The number of thiazole rings is 1. The van der Waals surface area contributed by atoms with Gasteiger partial charge in [-0.15, -0.1) is 23.1 Å². The molecule has 1 amide bonds. The third-order valence-electron chi connectivity index (χ3n) is 3.93. The second-order valence-corrected chi connectivity index (χ2v) is 8.59. The molecule has 0 saturated heterocycles. The molecule has 27 heavy (non-hydrogen) atoms. The highest BCUT2D eigenvalue weighted by Gasteiger charge is 2.36. The molecule has 1 aliphatic rings. The van der Waals surface area contributed by atoms with Crippen molar-refractivity contribution in [1.29, 1.82) is 0 Å². The molecule has 6 nitrogen and oxygen atoms in total. The van der Waals surface area contributed by atoms with Crippen molar-refractivity contribution in [3.8, 4) is 0 Å². The van der Waals surface area contributed by atoms with Gasteiger partial charge in [-0.3, -0.25) is 14.5 Å².